The van der Waals surface area contributed by atoms with E-state index in [2.05, 4.69) is 22.9 Å². The lowest BCUT2D eigenvalue weighted by Crippen LogP contribution is -2.29. The van der Waals surface area contributed by atoms with Crippen LogP contribution in [0.15, 0.2) is 80.4 Å². The van der Waals surface area contributed by atoms with E-state index in [1.807, 2.05) is 42.5 Å². The first-order valence-corrected chi connectivity index (χ1v) is 12.8. The van der Waals surface area contributed by atoms with Gasteiger partial charge < -0.3 is 13.9 Å². The standard InChI is InChI=1S/C29H26BrNO5/c1-3-4-5-15-35-21-12-9-18(10-13-21)26-25-27(32)23-16-19(30)11-14-24(23)36-28(25)29(33)31(26)20-7-6-8-22(17-20)34-2/h6-14,16-17,26H,3-5,15H2,1-2H3. The summed E-state index contributed by atoms with van der Waals surface area (Å²) in [6.45, 7) is 2.81. The predicted octanol–water partition coefficient (Wildman–Crippen LogP) is 6.88. The van der Waals surface area contributed by atoms with Gasteiger partial charge in [-0.15, -0.1) is 0 Å². The number of amides is 1. The van der Waals surface area contributed by atoms with Crippen LogP contribution in [0.25, 0.3) is 11.0 Å². The Labute approximate surface area is 217 Å². The zero-order valence-electron chi connectivity index (χ0n) is 20.1. The summed E-state index contributed by atoms with van der Waals surface area (Å²) in [6, 6.07) is 19.4. The van der Waals surface area contributed by atoms with Crippen LogP contribution < -0.4 is 19.8 Å². The molecule has 1 aliphatic rings. The van der Waals surface area contributed by atoms with Gasteiger partial charge in [0, 0.05) is 16.2 Å². The van der Waals surface area contributed by atoms with Crippen LogP contribution in [-0.4, -0.2) is 19.6 Å². The van der Waals surface area contributed by atoms with Crippen LogP contribution in [0, 0.1) is 0 Å². The van der Waals surface area contributed by atoms with Crippen molar-refractivity contribution in [3.63, 3.8) is 0 Å². The zero-order valence-corrected chi connectivity index (χ0v) is 21.7. The van der Waals surface area contributed by atoms with Gasteiger partial charge in [0.25, 0.3) is 5.91 Å². The topological polar surface area (TPSA) is 69.0 Å². The van der Waals surface area contributed by atoms with Crippen LogP contribution in [-0.2, 0) is 0 Å². The quantitative estimate of drug-likeness (QED) is 0.225. The summed E-state index contributed by atoms with van der Waals surface area (Å²) >= 11 is 3.44. The summed E-state index contributed by atoms with van der Waals surface area (Å²) in [5.74, 6) is 1.05. The fraction of sp³-hybridized carbons (Fsp3) is 0.241. The minimum atomic E-state index is -0.659. The Hall–Kier alpha value is -3.58. The fourth-order valence-corrected chi connectivity index (χ4v) is 4.94. The molecular formula is C29H26BrNO5. The van der Waals surface area contributed by atoms with E-state index in [4.69, 9.17) is 13.9 Å². The Balaban J connectivity index is 1.63. The summed E-state index contributed by atoms with van der Waals surface area (Å²) < 4.78 is 18.1. The average Bonchev–Trinajstić information content (AvgIpc) is 3.20. The Morgan fingerprint density at radius 3 is 2.53 bits per heavy atom. The Bertz CT molecular complexity index is 1480. The van der Waals surface area contributed by atoms with Crippen LogP contribution in [0.5, 0.6) is 11.5 Å². The maximum absolute atomic E-state index is 13.8. The van der Waals surface area contributed by atoms with Crippen molar-refractivity contribution in [2.45, 2.75) is 32.2 Å². The number of methoxy groups -OCH3 is 1. The van der Waals surface area contributed by atoms with E-state index in [1.165, 1.54) is 0 Å². The second-order valence-electron chi connectivity index (χ2n) is 8.72. The highest BCUT2D eigenvalue weighted by Crippen LogP contribution is 2.42. The molecule has 1 aromatic heterocycles. The number of hydrogen-bond acceptors (Lipinski definition) is 5. The molecule has 7 heteroatoms. The summed E-state index contributed by atoms with van der Waals surface area (Å²) in [6.07, 6.45) is 3.25. The molecule has 5 rings (SSSR count). The van der Waals surface area contributed by atoms with E-state index in [1.54, 1.807) is 36.3 Å². The molecular weight excluding hydrogens is 522 g/mol. The number of carbonyl (C=O) groups excluding carboxylic acids is 1. The second kappa shape index (κ2) is 10.2. The first-order chi connectivity index (χ1) is 17.5. The molecule has 4 aromatic rings. The molecule has 0 bridgehead atoms. The molecule has 0 N–H and O–H groups in total. The van der Waals surface area contributed by atoms with Gasteiger partial charge in [-0.05, 0) is 54.4 Å². The highest BCUT2D eigenvalue weighted by molar-refractivity contribution is 9.10. The average molecular weight is 548 g/mol. The van der Waals surface area contributed by atoms with E-state index in [0.29, 0.717) is 34.6 Å². The van der Waals surface area contributed by atoms with Gasteiger partial charge in [0.05, 0.1) is 30.7 Å². The van der Waals surface area contributed by atoms with Crippen molar-refractivity contribution in [1.29, 1.82) is 0 Å². The minimum Gasteiger partial charge on any atom is -0.497 e. The van der Waals surface area contributed by atoms with Crippen LogP contribution in [0.3, 0.4) is 0 Å². The van der Waals surface area contributed by atoms with Gasteiger partial charge in [-0.3, -0.25) is 14.5 Å². The molecule has 6 nitrogen and oxygen atoms in total. The summed E-state index contributed by atoms with van der Waals surface area (Å²) in [7, 11) is 1.58. The Morgan fingerprint density at radius 2 is 1.78 bits per heavy atom. The molecule has 1 amide bonds. The molecule has 2 heterocycles. The molecule has 1 aliphatic heterocycles. The number of nitrogens with zero attached hydrogens (tertiary/aromatic N) is 1. The number of ether oxygens (including phenoxy) is 2. The van der Waals surface area contributed by atoms with Gasteiger partial charge in [0.2, 0.25) is 5.76 Å². The number of fused-ring (bicyclic) bond motifs is 2. The van der Waals surface area contributed by atoms with E-state index < -0.39 is 6.04 Å². The molecule has 0 radical (unpaired) electrons. The lowest BCUT2D eigenvalue weighted by molar-refractivity contribution is 0.0971. The Kier molecular flexibility index (Phi) is 6.83. The summed E-state index contributed by atoms with van der Waals surface area (Å²) in [5.41, 5.74) is 1.87. The maximum Gasteiger partial charge on any atom is 0.295 e. The highest BCUT2D eigenvalue weighted by Gasteiger charge is 2.43. The third-order valence-corrected chi connectivity index (χ3v) is 6.87. The smallest absolute Gasteiger partial charge is 0.295 e. The second-order valence-corrected chi connectivity index (χ2v) is 9.63. The molecule has 0 fully saturated rings. The minimum absolute atomic E-state index is 0.0579. The lowest BCUT2D eigenvalue weighted by Gasteiger charge is -2.25. The van der Waals surface area contributed by atoms with Crippen LogP contribution in [0.1, 0.15) is 53.9 Å². The van der Waals surface area contributed by atoms with Crippen molar-refractivity contribution in [3.8, 4) is 11.5 Å². The number of hydrogen-bond donors (Lipinski definition) is 0. The summed E-state index contributed by atoms with van der Waals surface area (Å²) in [5, 5.41) is 0.421. The zero-order chi connectivity index (χ0) is 25.2. The first-order valence-electron chi connectivity index (χ1n) is 12.0. The third-order valence-electron chi connectivity index (χ3n) is 6.38. The van der Waals surface area contributed by atoms with Gasteiger partial charge in [-0.2, -0.15) is 0 Å². The predicted molar refractivity (Wildman–Crippen MR) is 143 cm³/mol. The monoisotopic (exact) mass is 547 g/mol. The van der Waals surface area contributed by atoms with Crippen molar-refractivity contribution >= 4 is 38.5 Å². The molecule has 3 aromatic carbocycles. The van der Waals surface area contributed by atoms with Crippen molar-refractivity contribution < 1.29 is 18.7 Å². The van der Waals surface area contributed by atoms with Crippen LogP contribution in [0.4, 0.5) is 5.69 Å². The number of halogens is 1. The molecule has 36 heavy (non-hydrogen) atoms. The van der Waals surface area contributed by atoms with Gasteiger partial charge in [-0.25, -0.2) is 0 Å². The summed E-state index contributed by atoms with van der Waals surface area (Å²) in [4.78, 5) is 29.1. The fourth-order valence-electron chi connectivity index (χ4n) is 4.58. The van der Waals surface area contributed by atoms with Crippen LogP contribution >= 0.6 is 15.9 Å². The van der Waals surface area contributed by atoms with Crippen molar-refractivity contribution in [3.05, 3.63) is 98.3 Å². The van der Waals surface area contributed by atoms with E-state index in [0.717, 1.165) is 35.0 Å². The van der Waals surface area contributed by atoms with Crippen molar-refractivity contribution in [2.75, 3.05) is 18.6 Å². The van der Waals surface area contributed by atoms with E-state index in [9.17, 15) is 9.59 Å². The molecule has 0 saturated carbocycles. The van der Waals surface area contributed by atoms with Gasteiger partial charge in [0.1, 0.15) is 17.1 Å². The van der Waals surface area contributed by atoms with Crippen LogP contribution in [0.2, 0.25) is 0 Å². The Morgan fingerprint density at radius 1 is 0.972 bits per heavy atom. The first kappa shape index (κ1) is 24.1. The van der Waals surface area contributed by atoms with E-state index >= 15 is 0 Å². The molecule has 184 valence electrons. The number of anilines is 1. The third kappa shape index (κ3) is 4.39. The molecule has 1 atom stereocenters. The lowest BCUT2D eigenvalue weighted by atomic mass is 9.98. The molecule has 0 saturated heterocycles. The number of carbonyl (C=O) groups is 1. The number of benzene rings is 3. The maximum atomic E-state index is 13.8. The normalized spacial score (nSPS) is 14.8. The highest BCUT2D eigenvalue weighted by atomic mass is 79.9. The molecule has 1 unspecified atom stereocenters. The van der Waals surface area contributed by atoms with Gasteiger partial charge >= 0.3 is 0 Å². The molecule has 0 aliphatic carbocycles. The number of rotatable bonds is 8. The van der Waals surface area contributed by atoms with E-state index in [-0.39, 0.29) is 17.1 Å². The molecule has 0 spiro atoms. The number of unbranched alkanes of at least 4 members (excludes halogenated alkanes) is 2. The van der Waals surface area contributed by atoms with Gasteiger partial charge in [0.15, 0.2) is 5.43 Å². The SMILES string of the molecule is CCCCCOc1ccc(C2c3c(oc4ccc(Br)cc4c3=O)C(=O)N2c2cccc(OC)c2)cc1. The largest absolute Gasteiger partial charge is 0.497 e. The van der Waals surface area contributed by atoms with Crippen molar-refractivity contribution in [2.24, 2.45) is 0 Å². The van der Waals surface area contributed by atoms with Crippen molar-refractivity contribution in [1.82, 2.24) is 0 Å². The van der Waals surface area contributed by atoms with Gasteiger partial charge in [-0.1, -0.05) is 53.9 Å².